The molecule has 0 radical (unpaired) electrons. The van der Waals surface area contributed by atoms with Crippen molar-refractivity contribution in [3.05, 3.63) is 29.3 Å². The van der Waals surface area contributed by atoms with E-state index in [0.29, 0.717) is 17.3 Å². The predicted molar refractivity (Wildman–Crippen MR) is 61.0 cm³/mol. The highest BCUT2D eigenvalue weighted by molar-refractivity contribution is 7.99. The van der Waals surface area contributed by atoms with Crippen LogP contribution in [-0.2, 0) is 10.9 Å². The average molecular weight is 280 g/mol. The molecule has 0 atom stereocenters. The topological polar surface area (TPSA) is 46.5 Å². The maximum Gasteiger partial charge on any atom is 0.417 e. The lowest BCUT2D eigenvalue weighted by atomic mass is 10.1. The lowest BCUT2D eigenvalue weighted by molar-refractivity contribution is -0.138. The van der Waals surface area contributed by atoms with Crippen LogP contribution in [0, 0.1) is 0 Å². The van der Waals surface area contributed by atoms with Crippen molar-refractivity contribution in [1.29, 1.82) is 0 Å². The van der Waals surface area contributed by atoms with Gasteiger partial charge in [0.15, 0.2) is 0 Å². The fourth-order valence-corrected chi connectivity index (χ4v) is 2.13. The predicted octanol–water partition coefficient (Wildman–Crippen LogP) is 3.14. The molecule has 1 rings (SSSR count). The molecular formula is C11H11F3O3S. The molecule has 18 heavy (non-hydrogen) atoms. The van der Waals surface area contributed by atoms with Crippen LogP contribution in [0.25, 0.3) is 0 Å². The monoisotopic (exact) mass is 280 g/mol. The van der Waals surface area contributed by atoms with Crippen LogP contribution in [0.4, 0.5) is 13.2 Å². The summed E-state index contributed by atoms with van der Waals surface area (Å²) in [5.74, 6) is -1.09. The van der Waals surface area contributed by atoms with Crippen molar-refractivity contribution in [3.63, 3.8) is 0 Å². The zero-order valence-electron chi connectivity index (χ0n) is 9.45. The Morgan fingerprint density at radius 2 is 2.11 bits per heavy atom. The number of methoxy groups -OCH3 is 1. The van der Waals surface area contributed by atoms with Gasteiger partial charge in [-0.15, -0.1) is 11.8 Å². The Hall–Kier alpha value is -1.21. The molecule has 0 aliphatic carbocycles. The SMILES string of the molecule is COCCSc1ccc(C(=O)O)c(C(F)(F)F)c1. The molecule has 0 spiro atoms. The molecule has 7 heteroatoms. The number of alkyl halides is 3. The summed E-state index contributed by atoms with van der Waals surface area (Å²) in [6, 6.07) is 3.18. The molecule has 3 nitrogen and oxygen atoms in total. The molecule has 0 bridgehead atoms. The minimum Gasteiger partial charge on any atom is -0.478 e. The lowest BCUT2D eigenvalue weighted by Crippen LogP contribution is -2.13. The number of aromatic carboxylic acids is 1. The number of rotatable bonds is 5. The Bertz CT molecular complexity index is 432. The third kappa shape index (κ3) is 3.92. The Balaban J connectivity index is 3.02. The average Bonchev–Trinajstić information content (AvgIpc) is 2.28. The van der Waals surface area contributed by atoms with Crippen molar-refractivity contribution in [1.82, 2.24) is 0 Å². The van der Waals surface area contributed by atoms with Crippen molar-refractivity contribution in [2.75, 3.05) is 19.5 Å². The smallest absolute Gasteiger partial charge is 0.417 e. The van der Waals surface area contributed by atoms with Crippen LogP contribution in [0.2, 0.25) is 0 Å². The van der Waals surface area contributed by atoms with Crippen LogP contribution in [0.15, 0.2) is 23.1 Å². The second-order valence-electron chi connectivity index (χ2n) is 3.35. The third-order valence-electron chi connectivity index (χ3n) is 2.08. The van der Waals surface area contributed by atoms with E-state index in [1.165, 1.54) is 24.9 Å². The van der Waals surface area contributed by atoms with Crippen LogP contribution in [0.3, 0.4) is 0 Å². The van der Waals surface area contributed by atoms with Crippen LogP contribution >= 0.6 is 11.8 Å². The Morgan fingerprint density at radius 1 is 1.44 bits per heavy atom. The summed E-state index contributed by atoms with van der Waals surface area (Å²) in [6.07, 6.45) is -4.68. The van der Waals surface area contributed by atoms with Gasteiger partial charge in [-0.2, -0.15) is 13.2 Å². The summed E-state index contributed by atoms with van der Waals surface area (Å²) in [7, 11) is 1.50. The molecule has 100 valence electrons. The molecule has 0 aliphatic heterocycles. The molecule has 0 unspecified atom stereocenters. The minimum absolute atomic E-state index is 0.365. The fraction of sp³-hybridized carbons (Fsp3) is 0.364. The van der Waals surface area contributed by atoms with Crippen molar-refractivity contribution < 1.29 is 27.8 Å². The maximum atomic E-state index is 12.7. The third-order valence-corrected chi connectivity index (χ3v) is 3.04. The molecule has 0 amide bonds. The van der Waals surface area contributed by atoms with E-state index < -0.39 is 23.3 Å². The Kier molecular flexibility index (Phi) is 5.03. The Labute approximate surface area is 106 Å². The van der Waals surface area contributed by atoms with Crippen molar-refractivity contribution in [3.8, 4) is 0 Å². The second-order valence-corrected chi connectivity index (χ2v) is 4.52. The van der Waals surface area contributed by atoms with Gasteiger partial charge in [-0.25, -0.2) is 4.79 Å². The minimum atomic E-state index is -4.68. The summed E-state index contributed by atoms with van der Waals surface area (Å²) in [5.41, 5.74) is -1.86. The van der Waals surface area contributed by atoms with Gasteiger partial charge in [0.05, 0.1) is 17.7 Å². The highest BCUT2D eigenvalue weighted by atomic mass is 32.2. The normalized spacial score (nSPS) is 11.6. The summed E-state index contributed by atoms with van der Waals surface area (Å²) in [6.45, 7) is 0.409. The zero-order chi connectivity index (χ0) is 13.8. The molecule has 1 aromatic rings. The van der Waals surface area contributed by atoms with Crippen molar-refractivity contribution >= 4 is 17.7 Å². The number of halogens is 3. The van der Waals surface area contributed by atoms with Gasteiger partial charge < -0.3 is 9.84 Å². The maximum absolute atomic E-state index is 12.7. The van der Waals surface area contributed by atoms with Gasteiger partial charge in [0.2, 0.25) is 0 Å². The van der Waals surface area contributed by atoms with Gasteiger partial charge in [0.1, 0.15) is 0 Å². The van der Waals surface area contributed by atoms with Gasteiger partial charge >= 0.3 is 12.1 Å². The Morgan fingerprint density at radius 3 is 2.61 bits per heavy atom. The molecule has 1 N–H and O–H groups in total. The van der Waals surface area contributed by atoms with Crippen molar-refractivity contribution in [2.45, 2.75) is 11.1 Å². The van der Waals surface area contributed by atoms with E-state index in [-0.39, 0.29) is 0 Å². The quantitative estimate of drug-likeness (QED) is 0.665. The van der Waals surface area contributed by atoms with E-state index in [9.17, 15) is 18.0 Å². The van der Waals surface area contributed by atoms with E-state index in [2.05, 4.69) is 0 Å². The molecule has 1 aromatic carbocycles. The number of thioether (sulfide) groups is 1. The number of hydrogen-bond acceptors (Lipinski definition) is 3. The number of carboxylic acids is 1. The van der Waals surface area contributed by atoms with Gasteiger partial charge in [0.25, 0.3) is 0 Å². The van der Waals surface area contributed by atoms with Gasteiger partial charge in [-0.3, -0.25) is 0 Å². The highest BCUT2D eigenvalue weighted by Crippen LogP contribution is 2.34. The summed E-state index contributed by atoms with van der Waals surface area (Å²) >= 11 is 1.18. The summed E-state index contributed by atoms with van der Waals surface area (Å²) in [5, 5.41) is 8.71. The van der Waals surface area contributed by atoms with E-state index in [0.717, 1.165) is 12.1 Å². The second kappa shape index (κ2) is 6.10. The molecule has 0 heterocycles. The molecule has 0 saturated heterocycles. The van der Waals surface area contributed by atoms with Crippen molar-refractivity contribution in [2.24, 2.45) is 0 Å². The highest BCUT2D eigenvalue weighted by Gasteiger charge is 2.35. The number of ether oxygens (including phenoxy) is 1. The number of hydrogen-bond donors (Lipinski definition) is 1. The first-order chi connectivity index (χ1) is 8.36. The van der Waals surface area contributed by atoms with E-state index in [1.54, 1.807) is 0 Å². The number of carbonyl (C=O) groups is 1. The van der Waals surface area contributed by atoms with Gasteiger partial charge in [-0.05, 0) is 18.2 Å². The number of benzene rings is 1. The first-order valence-electron chi connectivity index (χ1n) is 4.92. The molecule has 0 saturated carbocycles. The lowest BCUT2D eigenvalue weighted by Gasteiger charge is -2.11. The number of carboxylic acid groups (broad SMARTS) is 1. The first-order valence-corrected chi connectivity index (χ1v) is 5.91. The zero-order valence-corrected chi connectivity index (χ0v) is 10.3. The van der Waals surface area contributed by atoms with Crippen LogP contribution in [0.1, 0.15) is 15.9 Å². The molecule has 0 aromatic heterocycles. The van der Waals surface area contributed by atoms with E-state index in [4.69, 9.17) is 9.84 Å². The molecule has 0 aliphatic rings. The van der Waals surface area contributed by atoms with Gasteiger partial charge in [-0.1, -0.05) is 0 Å². The fourth-order valence-electron chi connectivity index (χ4n) is 1.28. The molecule has 0 fully saturated rings. The largest absolute Gasteiger partial charge is 0.478 e. The van der Waals surface area contributed by atoms with E-state index >= 15 is 0 Å². The standard InChI is InChI=1S/C11H11F3O3S/c1-17-4-5-18-7-2-3-8(10(15)16)9(6-7)11(12,13)14/h2-3,6H,4-5H2,1H3,(H,15,16). The van der Waals surface area contributed by atoms with Crippen LogP contribution < -0.4 is 0 Å². The first kappa shape index (κ1) is 14.8. The summed E-state index contributed by atoms with van der Waals surface area (Å²) in [4.78, 5) is 11.1. The van der Waals surface area contributed by atoms with Crippen LogP contribution in [-0.4, -0.2) is 30.5 Å². The van der Waals surface area contributed by atoms with Crippen LogP contribution in [0.5, 0.6) is 0 Å². The summed E-state index contributed by atoms with van der Waals surface area (Å²) < 4.78 is 42.8. The van der Waals surface area contributed by atoms with Gasteiger partial charge in [0, 0.05) is 17.8 Å². The van der Waals surface area contributed by atoms with E-state index in [1.807, 2.05) is 0 Å². The molecular weight excluding hydrogens is 269 g/mol.